The van der Waals surface area contributed by atoms with Crippen molar-refractivity contribution in [2.24, 2.45) is 0 Å². The van der Waals surface area contributed by atoms with Crippen LogP contribution in [0.4, 0.5) is 4.79 Å². The molecule has 2 aliphatic carbocycles. The molecule has 2 atom stereocenters. The minimum absolute atomic E-state index is 0.333. The van der Waals surface area contributed by atoms with Crippen LogP contribution in [0.1, 0.15) is 54.7 Å². The van der Waals surface area contributed by atoms with Crippen molar-refractivity contribution in [2.75, 3.05) is 0 Å². The Morgan fingerprint density at radius 2 is 1.75 bits per heavy atom. The zero-order valence-electron chi connectivity index (χ0n) is 15.8. The van der Waals surface area contributed by atoms with Gasteiger partial charge in [-0.15, -0.1) is 0 Å². The minimum atomic E-state index is -0.745. The fourth-order valence-electron chi connectivity index (χ4n) is 4.87. The first-order chi connectivity index (χ1) is 13.7. The predicted octanol–water partition coefficient (Wildman–Crippen LogP) is 6.05. The maximum Gasteiger partial charge on any atom is 0.519 e. The summed E-state index contributed by atoms with van der Waals surface area (Å²) in [7, 11) is 0. The molecule has 0 heterocycles. The molecule has 1 fully saturated rings. The Labute approximate surface area is 163 Å². The number of aryl methyl sites for hydroxylation is 1. The van der Waals surface area contributed by atoms with Crippen LogP contribution in [-0.2, 0) is 6.42 Å². The van der Waals surface area contributed by atoms with Crippen molar-refractivity contribution in [3.05, 3.63) is 65.2 Å². The van der Waals surface area contributed by atoms with E-state index in [-0.39, 0.29) is 0 Å². The molecular formula is C24H22O4. The first-order valence-corrected chi connectivity index (χ1v) is 9.91. The van der Waals surface area contributed by atoms with E-state index in [2.05, 4.69) is 6.92 Å². The molecule has 0 amide bonds. The molecule has 3 aromatic rings. The third kappa shape index (κ3) is 2.63. The van der Waals surface area contributed by atoms with E-state index in [1.54, 1.807) is 12.1 Å². The number of fused-ring (bicyclic) bond motifs is 6. The maximum atomic E-state index is 12.6. The Bertz CT molecular complexity index is 1070. The molecule has 1 saturated carbocycles. The zero-order chi connectivity index (χ0) is 19.3. The molecule has 4 heteroatoms. The third-order valence-electron chi connectivity index (χ3n) is 6.16. The monoisotopic (exact) mass is 374 g/mol. The summed E-state index contributed by atoms with van der Waals surface area (Å²) in [6, 6.07) is 14.9. The summed E-state index contributed by atoms with van der Waals surface area (Å²) < 4.78 is 11.2. The van der Waals surface area contributed by atoms with E-state index in [1.807, 2.05) is 36.4 Å². The Hall–Kier alpha value is -3.01. The number of hydrogen-bond donors (Lipinski definition) is 1. The summed E-state index contributed by atoms with van der Waals surface area (Å²) in [6.07, 6.45) is 3.29. The molecule has 0 radical (unpaired) electrons. The second-order valence-electron chi connectivity index (χ2n) is 7.71. The molecule has 5 rings (SSSR count). The van der Waals surface area contributed by atoms with Gasteiger partial charge in [0.05, 0.1) is 0 Å². The summed E-state index contributed by atoms with van der Waals surface area (Å²) in [4.78, 5) is 12.6. The summed E-state index contributed by atoms with van der Waals surface area (Å²) in [5.74, 6) is 2.04. The van der Waals surface area contributed by atoms with Crippen molar-refractivity contribution in [3.63, 3.8) is 0 Å². The molecule has 0 aromatic heterocycles. The number of phenolic OH excluding ortho intramolecular Hbond substituents is 1. The average molecular weight is 374 g/mol. The lowest BCUT2D eigenvalue weighted by atomic mass is 9.87. The van der Waals surface area contributed by atoms with Crippen LogP contribution in [-0.4, -0.2) is 11.3 Å². The lowest BCUT2D eigenvalue weighted by Gasteiger charge is -2.22. The maximum absolute atomic E-state index is 12.6. The Balaban J connectivity index is 1.63. The highest BCUT2D eigenvalue weighted by Crippen LogP contribution is 2.60. The van der Waals surface area contributed by atoms with Crippen LogP contribution in [0.25, 0.3) is 10.8 Å². The van der Waals surface area contributed by atoms with E-state index in [0.717, 1.165) is 53.1 Å². The van der Waals surface area contributed by atoms with Gasteiger partial charge in [-0.1, -0.05) is 37.3 Å². The molecule has 142 valence electrons. The smallest absolute Gasteiger partial charge is 0.507 e. The Morgan fingerprint density at radius 3 is 2.50 bits per heavy atom. The molecule has 2 bridgehead atoms. The number of ether oxygens (including phenoxy) is 2. The molecule has 0 spiro atoms. The van der Waals surface area contributed by atoms with Crippen molar-refractivity contribution >= 4 is 16.9 Å². The minimum Gasteiger partial charge on any atom is -0.507 e. The van der Waals surface area contributed by atoms with Gasteiger partial charge in [0.1, 0.15) is 17.2 Å². The van der Waals surface area contributed by atoms with Crippen molar-refractivity contribution < 1.29 is 19.4 Å². The van der Waals surface area contributed by atoms with Gasteiger partial charge in [0.15, 0.2) is 0 Å². The van der Waals surface area contributed by atoms with Crippen LogP contribution in [0.5, 0.6) is 17.2 Å². The van der Waals surface area contributed by atoms with Gasteiger partial charge in [-0.2, -0.15) is 0 Å². The summed E-state index contributed by atoms with van der Waals surface area (Å²) >= 11 is 0. The Morgan fingerprint density at radius 1 is 1.00 bits per heavy atom. The van der Waals surface area contributed by atoms with Gasteiger partial charge >= 0.3 is 6.16 Å². The third-order valence-corrected chi connectivity index (χ3v) is 6.16. The predicted molar refractivity (Wildman–Crippen MR) is 107 cm³/mol. The summed E-state index contributed by atoms with van der Waals surface area (Å²) in [6.45, 7) is 2.08. The van der Waals surface area contributed by atoms with Crippen LogP contribution in [0.3, 0.4) is 0 Å². The fraction of sp³-hybridized carbons (Fsp3) is 0.292. The lowest BCUT2D eigenvalue weighted by Crippen LogP contribution is -2.16. The molecule has 28 heavy (non-hydrogen) atoms. The molecule has 0 saturated heterocycles. The van der Waals surface area contributed by atoms with E-state index in [4.69, 9.17) is 9.47 Å². The quantitative estimate of drug-likeness (QED) is 0.448. The van der Waals surface area contributed by atoms with Gasteiger partial charge in [-0.05, 0) is 61.3 Å². The van der Waals surface area contributed by atoms with Gasteiger partial charge in [0, 0.05) is 21.9 Å². The normalized spacial score (nSPS) is 19.6. The van der Waals surface area contributed by atoms with Crippen LogP contribution in [0.2, 0.25) is 0 Å². The van der Waals surface area contributed by atoms with Crippen molar-refractivity contribution in [3.8, 4) is 17.2 Å². The van der Waals surface area contributed by atoms with Crippen LogP contribution in [0, 0.1) is 0 Å². The first kappa shape index (κ1) is 17.1. The Kier molecular flexibility index (Phi) is 4.00. The van der Waals surface area contributed by atoms with Crippen molar-refractivity contribution in [1.82, 2.24) is 0 Å². The topological polar surface area (TPSA) is 55.8 Å². The van der Waals surface area contributed by atoms with Crippen LogP contribution >= 0.6 is 0 Å². The SMILES string of the molecule is CCc1ccc2c(O)c3c(c(OC(=O)Oc4ccccc4)c2c1)C1CCC3C1. The second-order valence-corrected chi connectivity index (χ2v) is 7.71. The summed E-state index contributed by atoms with van der Waals surface area (Å²) in [5, 5.41) is 12.5. The van der Waals surface area contributed by atoms with Gasteiger partial charge in [-0.25, -0.2) is 4.79 Å². The molecule has 3 aromatic carbocycles. The van der Waals surface area contributed by atoms with Crippen molar-refractivity contribution in [2.45, 2.75) is 44.4 Å². The first-order valence-electron chi connectivity index (χ1n) is 9.91. The largest absolute Gasteiger partial charge is 0.519 e. The van der Waals surface area contributed by atoms with Gasteiger partial charge < -0.3 is 14.6 Å². The number of carbonyl (C=O) groups excluding carboxylic acids is 1. The van der Waals surface area contributed by atoms with E-state index in [0.29, 0.717) is 29.1 Å². The van der Waals surface area contributed by atoms with Gasteiger partial charge in [0.2, 0.25) is 0 Å². The van der Waals surface area contributed by atoms with Crippen LogP contribution < -0.4 is 9.47 Å². The zero-order valence-corrected chi connectivity index (χ0v) is 15.8. The molecule has 2 unspecified atom stereocenters. The standard InChI is InChI=1S/C24H22O4/c1-2-14-8-11-18-19(12-14)23(28-24(26)27-17-6-4-3-5-7-17)21-16-10-9-15(13-16)20(21)22(18)25/h3-8,11-12,15-16,25H,2,9-10,13H2,1H3. The summed E-state index contributed by atoms with van der Waals surface area (Å²) in [5.41, 5.74) is 3.10. The molecule has 2 aliphatic rings. The van der Waals surface area contributed by atoms with E-state index in [9.17, 15) is 9.90 Å². The molecular weight excluding hydrogens is 352 g/mol. The number of benzene rings is 3. The lowest BCUT2D eigenvalue weighted by molar-refractivity contribution is 0.152. The van der Waals surface area contributed by atoms with E-state index < -0.39 is 6.16 Å². The number of hydrogen-bond acceptors (Lipinski definition) is 4. The highest BCUT2D eigenvalue weighted by atomic mass is 16.7. The fourth-order valence-corrected chi connectivity index (χ4v) is 4.87. The van der Waals surface area contributed by atoms with Gasteiger partial charge in [-0.3, -0.25) is 0 Å². The highest BCUT2D eigenvalue weighted by molar-refractivity contribution is 5.98. The number of carbonyl (C=O) groups is 1. The van der Waals surface area contributed by atoms with Crippen LogP contribution in [0.15, 0.2) is 48.5 Å². The second kappa shape index (κ2) is 6.55. The number of rotatable bonds is 3. The number of phenols is 1. The molecule has 4 nitrogen and oxygen atoms in total. The van der Waals surface area contributed by atoms with E-state index in [1.165, 1.54) is 0 Å². The van der Waals surface area contributed by atoms with Gasteiger partial charge in [0.25, 0.3) is 0 Å². The highest BCUT2D eigenvalue weighted by Gasteiger charge is 2.42. The average Bonchev–Trinajstić information content (AvgIpc) is 3.33. The number of aromatic hydroxyl groups is 1. The number of para-hydroxylation sites is 1. The molecule has 1 N–H and O–H groups in total. The van der Waals surface area contributed by atoms with E-state index >= 15 is 0 Å². The molecule has 0 aliphatic heterocycles. The van der Waals surface area contributed by atoms with Crippen molar-refractivity contribution in [1.29, 1.82) is 0 Å².